The molecule has 0 radical (unpaired) electrons. The zero-order chi connectivity index (χ0) is 23.4. The summed E-state index contributed by atoms with van der Waals surface area (Å²) in [6.07, 6.45) is 0. The molecule has 6 aromatic rings. The number of benzene rings is 5. The van der Waals surface area contributed by atoms with Crippen LogP contribution in [0.4, 0.5) is 0 Å². The third-order valence-corrected chi connectivity index (χ3v) is 7.06. The van der Waals surface area contributed by atoms with Crippen molar-refractivity contribution in [3.05, 3.63) is 118 Å². The van der Waals surface area contributed by atoms with Crippen molar-refractivity contribution in [2.75, 3.05) is 0 Å². The van der Waals surface area contributed by atoms with E-state index in [0.717, 1.165) is 42.4 Å². The van der Waals surface area contributed by atoms with E-state index in [0.29, 0.717) is 0 Å². The summed E-state index contributed by atoms with van der Waals surface area (Å²) in [5.41, 5.74) is 0. The largest absolute Gasteiger partial charge is 0.0906 e. The SMILES string of the molecule is C=c1c(=C)c(=C)c2c3ccccc3c3ccccc3c3ccccc3c3ccccc3c2c1=C. The van der Waals surface area contributed by atoms with E-state index in [2.05, 4.69) is 123 Å². The summed E-state index contributed by atoms with van der Waals surface area (Å²) in [6.45, 7) is 17.7. The van der Waals surface area contributed by atoms with E-state index in [1.807, 2.05) is 0 Å². The van der Waals surface area contributed by atoms with E-state index in [-0.39, 0.29) is 0 Å². The van der Waals surface area contributed by atoms with E-state index in [1.165, 1.54) is 32.3 Å². The van der Waals surface area contributed by atoms with Crippen molar-refractivity contribution in [2.45, 2.75) is 0 Å². The highest BCUT2D eigenvalue weighted by Gasteiger charge is 2.09. The topological polar surface area (TPSA) is 0 Å². The van der Waals surface area contributed by atoms with Gasteiger partial charge in [0.05, 0.1) is 0 Å². The van der Waals surface area contributed by atoms with E-state index >= 15 is 0 Å². The van der Waals surface area contributed by atoms with Gasteiger partial charge in [0.15, 0.2) is 0 Å². The average molecular weight is 433 g/mol. The molecule has 0 heteroatoms. The molecule has 6 aromatic carbocycles. The Bertz CT molecular complexity index is 1930. The second-order valence-electron chi connectivity index (χ2n) is 8.85. The van der Waals surface area contributed by atoms with Crippen molar-refractivity contribution in [2.24, 2.45) is 0 Å². The molecule has 0 aromatic heterocycles. The predicted molar refractivity (Wildman–Crippen MR) is 152 cm³/mol. The average Bonchev–Trinajstić information content (AvgIpc) is 2.89. The molecule has 0 fully saturated rings. The zero-order valence-electron chi connectivity index (χ0n) is 19.1. The Morgan fingerprint density at radius 3 is 0.735 bits per heavy atom. The van der Waals surface area contributed by atoms with Gasteiger partial charge in [0.1, 0.15) is 0 Å². The Balaban J connectivity index is 2.25. The van der Waals surface area contributed by atoms with Crippen LogP contribution in [0.2, 0.25) is 0 Å². The molecule has 160 valence electrons. The molecule has 0 heterocycles. The van der Waals surface area contributed by atoms with Crippen molar-refractivity contribution in [3.63, 3.8) is 0 Å². The second kappa shape index (κ2) is 7.57. The van der Waals surface area contributed by atoms with Crippen LogP contribution in [0.5, 0.6) is 0 Å². The third kappa shape index (κ3) is 2.79. The van der Waals surface area contributed by atoms with Gasteiger partial charge in [-0.25, -0.2) is 0 Å². The van der Waals surface area contributed by atoms with Gasteiger partial charge >= 0.3 is 0 Å². The zero-order valence-corrected chi connectivity index (χ0v) is 19.1. The molecular formula is C34H24. The maximum Gasteiger partial charge on any atom is -0.00203 e. The first-order chi connectivity index (χ1) is 16.6. The quantitative estimate of drug-likeness (QED) is 0.267. The van der Waals surface area contributed by atoms with E-state index in [9.17, 15) is 0 Å². The first-order valence-electron chi connectivity index (χ1n) is 11.5. The smallest absolute Gasteiger partial charge is 0.00203 e. The second-order valence-corrected chi connectivity index (χ2v) is 8.85. The lowest BCUT2D eigenvalue weighted by atomic mass is 9.92. The Morgan fingerprint density at radius 1 is 0.265 bits per heavy atom. The van der Waals surface area contributed by atoms with Crippen molar-refractivity contribution in [1.29, 1.82) is 0 Å². The van der Waals surface area contributed by atoms with Crippen LogP contribution in [0.25, 0.3) is 80.2 Å². The first kappa shape index (κ1) is 20.2. The number of rotatable bonds is 0. The highest BCUT2D eigenvalue weighted by atomic mass is 14.1. The molecule has 0 aliphatic rings. The minimum atomic E-state index is 0.849. The van der Waals surface area contributed by atoms with Crippen molar-refractivity contribution in [1.82, 2.24) is 0 Å². The molecule has 0 unspecified atom stereocenters. The molecule has 0 N–H and O–H groups in total. The number of fused-ring (bicyclic) bond motifs is 10. The Hall–Kier alpha value is -4.42. The molecule has 0 amide bonds. The third-order valence-electron chi connectivity index (χ3n) is 7.06. The van der Waals surface area contributed by atoms with Crippen LogP contribution in [0.15, 0.2) is 97.1 Å². The predicted octanol–water partition coefficient (Wildman–Crippen LogP) is 6.22. The summed E-state index contributed by atoms with van der Waals surface area (Å²) >= 11 is 0. The maximum absolute atomic E-state index is 4.50. The lowest BCUT2D eigenvalue weighted by molar-refractivity contribution is 1.51. The standard InChI is InChI=1S/C34H24/c1-21-22(2)24(4)34-32-20-12-10-18-30(32)28-16-8-6-14-26(28)25-13-5-7-15-27(25)29-17-9-11-19-31(29)33(34)23(21)3/h5-20H,1-4H2. The Labute approximate surface area is 198 Å². The molecule has 0 atom stereocenters. The van der Waals surface area contributed by atoms with Crippen LogP contribution in [-0.4, -0.2) is 0 Å². The highest BCUT2D eigenvalue weighted by Crippen LogP contribution is 2.33. The summed E-state index contributed by atoms with van der Waals surface area (Å²) in [5.74, 6) is 0. The minimum absolute atomic E-state index is 0.849. The lowest BCUT2D eigenvalue weighted by Gasteiger charge is -2.11. The van der Waals surface area contributed by atoms with Crippen LogP contribution < -0.4 is 20.9 Å². The van der Waals surface area contributed by atoms with Gasteiger partial charge in [-0.3, -0.25) is 0 Å². The van der Waals surface area contributed by atoms with Gasteiger partial charge in [-0.2, -0.15) is 0 Å². The number of hydrogen-bond donors (Lipinski definition) is 0. The fourth-order valence-electron chi connectivity index (χ4n) is 5.34. The molecule has 0 bridgehead atoms. The molecule has 0 saturated carbocycles. The van der Waals surface area contributed by atoms with Crippen LogP contribution >= 0.6 is 0 Å². The normalized spacial score (nSPS) is 11.4. The Morgan fingerprint density at radius 2 is 0.471 bits per heavy atom. The van der Waals surface area contributed by atoms with Gasteiger partial charge in [-0.1, -0.05) is 123 Å². The minimum Gasteiger partial charge on any atom is -0.0906 e. The van der Waals surface area contributed by atoms with Crippen molar-refractivity contribution in [3.8, 4) is 0 Å². The van der Waals surface area contributed by atoms with Gasteiger partial charge in [-0.15, -0.1) is 0 Å². The van der Waals surface area contributed by atoms with Gasteiger partial charge in [-0.05, 0) is 74.7 Å². The molecule has 34 heavy (non-hydrogen) atoms. The van der Waals surface area contributed by atoms with Gasteiger partial charge < -0.3 is 0 Å². The summed E-state index contributed by atoms with van der Waals surface area (Å²) in [6, 6.07) is 34.5. The molecular weight excluding hydrogens is 408 g/mol. The summed E-state index contributed by atoms with van der Waals surface area (Å²) < 4.78 is 0. The monoisotopic (exact) mass is 432 g/mol. The summed E-state index contributed by atoms with van der Waals surface area (Å²) in [5, 5.41) is 15.1. The highest BCUT2D eigenvalue weighted by molar-refractivity contribution is 6.26. The molecule has 0 aliphatic heterocycles. The van der Waals surface area contributed by atoms with Crippen LogP contribution in [0, 0.1) is 0 Å². The maximum atomic E-state index is 4.50. The van der Waals surface area contributed by atoms with Crippen LogP contribution in [0.3, 0.4) is 0 Å². The first-order valence-corrected chi connectivity index (χ1v) is 11.5. The van der Waals surface area contributed by atoms with E-state index < -0.39 is 0 Å². The molecule has 0 spiro atoms. The van der Waals surface area contributed by atoms with Crippen LogP contribution in [-0.2, 0) is 0 Å². The Kier molecular flexibility index (Phi) is 4.50. The lowest BCUT2D eigenvalue weighted by Crippen LogP contribution is -2.46. The van der Waals surface area contributed by atoms with E-state index in [4.69, 9.17) is 0 Å². The molecule has 6 rings (SSSR count). The summed E-state index contributed by atoms with van der Waals surface area (Å²) in [4.78, 5) is 0. The van der Waals surface area contributed by atoms with Gasteiger partial charge in [0.25, 0.3) is 0 Å². The van der Waals surface area contributed by atoms with Crippen molar-refractivity contribution < 1.29 is 0 Å². The van der Waals surface area contributed by atoms with Crippen molar-refractivity contribution >= 4 is 80.2 Å². The fourth-order valence-corrected chi connectivity index (χ4v) is 5.34. The van der Waals surface area contributed by atoms with Gasteiger partial charge in [0.2, 0.25) is 0 Å². The summed E-state index contributed by atoms with van der Waals surface area (Å²) in [7, 11) is 0. The van der Waals surface area contributed by atoms with E-state index in [1.54, 1.807) is 0 Å². The molecule has 0 aliphatic carbocycles. The van der Waals surface area contributed by atoms with Gasteiger partial charge in [0, 0.05) is 0 Å². The fraction of sp³-hybridized carbons (Fsp3) is 0. The number of hydrogen-bond acceptors (Lipinski definition) is 0. The van der Waals surface area contributed by atoms with Crippen LogP contribution in [0.1, 0.15) is 0 Å². The molecule has 0 nitrogen and oxygen atoms in total. The molecule has 0 saturated heterocycles.